The standard InChI is InChI=1S/C22H28N2O3S/c1-15-8-10-24(11-9-15)28(26,27)20-7-5-6-19(14-20)22(25)23-21-17(3)12-16(2)13-18(21)4/h5-7,12-15H,8-11H2,1-4H3,(H,23,25). The van der Waals surface area contributed by atoms with Gasteiger partial charge in [-0.05, 0) is 68.9 Å². The van der Waals surface area contributed by atoms with Gasteiger partial charge in [0.1, 0.15) is 0 Å². The molecule has 28 heavy (non-hydrogen) atoms. The molecule has 0 bridgehead atoms. The fourth-order valence-electron chi connectivity index (χ4n) is 3.74. The Labute approximate surface area is 167 Å². The first-order chi connectivity index (χ1) is 13.2. The number of nitrogens with one attached hydrogen (secondary N) is 1. The fraction of sp³-hybridized carbons (Fsp3) is 0.409. The number of aryl methyl sites for hydroxylation is 3. The van der Waals surface area contributed by atoms with Gasteiger partial charge in [0.2, 0.25) is 10.0 Å². The van der Waals surface area contributed by atoms with Crippen LogP contribution in [0.25, 0.3) is 0 Å². The molecule has 150 valence electrons. The predicted octanol–water partition coefficient (Wildman–Crippen LogP) is 4.28. The van der Waals surface area contributed by atoms with E-state index < -0.39 is 10.0 Å². The number of carbonyl (C=O) groups is 1. The number of amides is 1. The topological polar surface area (TPSA) is 66.5 Å². The minimum Gasteiger partial charge on any atom is -0.322 e. The van der Waals surface area contributed by atoms with Gasteiger partial charge < -0.3 is 5.32 Å². The highest BCUT2D eigenvalue weighted by Crippen LogP contribution is 2.25. The Morgan fingerprint density at radius 3 is 2.25 bits per heavy atom. The molecular weight excluding hydrogens is 372 g/mol. The second-order valence-corrected chi connectivity index (χ2v) is 9.78. The van der Waals surface area contributed by atoms with Crippen molar-refractivity contribution in [2.75, 3.05) is 18.4 Å². The molecule has 1 N–H and O–H groups in total. The maximum Gasteiger partial charge on any atom is 0.255 e. The molecule has 0 aromatic heterocycles. The largest absolute Gasteiger partial charge is 0.322 e. The molecule has 0 saturated carbocycles. The highest BCUT2D eigenvalue weighted by molar-refractivity contribution is 7.89. The monoisotopic (exact) mass is 400 g/mol. The third kappa shape index (κ3) is 4.28. The molecule has 6 heteroatoms. The minimum absolute atomic E-state index is 0.173. The van der Waals surface area contributed by atoms with E-state index >= 15 is 0 Å². The zero-order valence-electron chi connectivity index (χ0n) is 17.0. The number of hydrogen-bond donors (Lipinski definition) is 1. The van der Waals surface area contributed by atoms with Crippen LogP contribution in [-0.4, -0.2) is 31.7 Å². The van der Waals surface area contributed by atoms with E-state index in [0.717, 1.165) is 35.2 Å². The van der Waals surface area contributed by atoms with E-state index in [4.69, 9.17) is 0 Å². The van der Waals surface area contributed by atoms with Crippen LogP contribution in [0.5, 0.6) is 0 Å². The average Bonchev–Trinajstić information content (AvgIpc) is 2.65. The van der Waals surface area contributed by atoms with Crippen LogP contribution in [0, 0.1) is 26.7 Å². The zero-order valence-corrected chi connectivity index (χ0v) is 17.8. The van der Waals surface area contributed by atoms with Crippen LogP contribution in [0.3, 0.4) is 0 Å². The second-order valence-electron chi connectivity index (χ2n) is 7.84. The van der Waals surface area contributed by atoms with Crippen molar-refractivity contribution in [3.8, 4) is 0 Å². The van der Waals surface area contributed by atoms with Gasteiger partial charge >= 0.3 is 0 Å². The summed E-state index contributed by atoms with van der Waals surface area (Å²) < 4.78 is 27.5. The van der Waals surface area contributed by atoms with E-state index in [1.807, 2.05) is 32.9 Å². The molecule has 1 amide bonds. The second kappa shape index (κ2) is 8.05. The number of anilines is 1. The summed E-state index contributed by atoms with van der Waals surface area (Å²) in [6.45, 7) is 9.12. The number of hydrogen-bond acceptors (Lipinski definition) is 3. The molecule has 3 rings (SSSR count). The Hall–Kier alpha value is -2.18. The summed E-state index contributed by atoms with van der Waals surface area (Å²) in [6, 6.07) is 10.3. The van der Waals surface area contributed by atoms with Crippen molar-refractivity contribution in [3.05, 3.63) is 58.7 Å². The molecule has 0 unspecified atom stereocenters. The predicted molar refractivity (Wildman–Crippen MR) is 112 cm³/mol. The van der Waals surface area contributed by atoms with Gasteiger partial charge in [0.25, 0.3) is 5.91 Å². The van der Waals surface area contributed by atoms with Crippen molar-refractivity contribution in [2.24, 2.45) is 5.92 Å². The van der Waals surface area contributed by atoms with Crippen molar-refractivity contribution >= 4 is 21.6 Å². The lowest BCUT2D eigenvalue weighted by Crippen LogP contribution is -2.37. The highest BCUT2D eigenvalue weighted by atomic mass is 32.2. The molecule has 1 aliphatic heterocycles. The normalized spacial score (nSPS) is 16.1. The number of carbonyl (C=O) groups excluding carboxylic acids is 1. The molecule has 1 fully saturated rings. The molecule has 0 radical (unpaired) electrons. The van der Waals surface area contributed by atoms with Gasteiger partial charge in [-0.1, -0.05) is 30.7 Å². The molecule has 2 aromatic rings. The van der Waals surface area contributed by atoms with Crippen molar-refractivity contribution in [1.29, 1.82) is 0 Å². The molecule has 5 nitrogen and oxygen atoms in total. The van der Waals surface area contributed by atoms with Gasteiger partial charge in [-0.15, -0.1) is 0 Å². The first-order valence-electron chi connectivity index (χ1n) is 9.68. The number of sulfonamides is 1. The van der Waals surface area contributed by atoms with Gasteiger partial charge in [-0.25, -0.2) is 8.42 Å². The van der Waals surface area contributed by atoms with E-state index in [0.29, 0.717) is 24.6 Å². The van der Waals surface area contributed by atoms with Gasteiger partial charge in [0.05, 0.1) is 4.90 Å². The van der Waals surface area contributed by atoms with Crippen molar-refractivity contribution in [2.45, 2.75) is 45.4 Å². The summed E-state index contributed by atoms with van der Waals surface area (Å²) in [5.41, 5.74) is 4.21. The Kier molecular flexibility index (Phi) is 5.91. The van der Waals surface area contributed by atoms with Gasteiger partial charge in [-0.2, -0.15) is 4.31 Å². The van der Waals surface area contributed by atoms with Gasteiger partial charge in [-0.3, -0.25) is 4.79 Å². The van der Waals surface area contributed by atoms with Crippen LogP contribution in [0.15, 0.2) is 41.3 Å². The summed E-state index contributed by atoms with van der Waals surface area (Å²) in [7, 11) is -3.58. The Bertz CT molecular complexity index is 968. The number of rotatable bonds is 4. The SMILES string of the molecule is Cc1cc(C)c(NC(=O)c2cccc(S(=O)(=O)N3CCC(C)CC3)c2)c(C)c1. The minimum atomic E-state index is -3.58. The van der Waals surface area contributed by atoms with Crippen LogP contribution in [0.1, 0.15) is 46.8 Å². The Morgan fingerprint density at radius 1 is 1.04 bits per heavy atom. The molecule has 1 aliphatic rings. The molecule has 0 aliphatic carbocycles. The number of piperidine rings is 1. The molecule has 2 aromatic carbocycles. The summed E-state index contributed by atoms with van der Waals surface area (Å²) in [5, 5.41) is 2.94. The molecule has 1 saturated heterocycles. The first-order valence-corrected chi connectivity index (χ1v) is 11.1. The Balaban J connectivity index is 1.84. The Morgan fingerprint density at radius 2 is 1.64 bits per heavy atom. The fourth-order valence-corrected chi connectivity index (χ4v) is 5.25. The highest BCUT2D eigenvalue weighted by Gasteiger charge is 2.28. The molecule has 0 atom stereocenters. The van der Waals surface area contributed by atoms with Gasteiger partial charge in [0.15, 0.2) is 0 Å². The lowest BCUT2D eigenvalue weighted by molar-refractivity contribution is 0.102. The average molecular weight is 401 g/mol. The molecule has 1 heterocycles. The van der Waals surface area contributed by atoms with Crippen molar-refractivity contribution < 1.29 is 13.2 Å². The summed E-state index contributed by atoms with van der Waals surface area (Å²) in [6.07, 6.45) is 1.73. The third-order valence-corrected chi connectivity index (χ3v) is 7.29. The first kappa shape index (κ1) is 20.6. The van der Waals surface area contributed by atoms with Crippen LogP contribution in [-0.2, 0) is 10.0 Å². The van der Waals surface area contributed by atoms with E-state index in [9.17, 15) is 13.2 Å². The lowest BCUT2D eigenvalue weighted by atomic mass is 10.0. The smallest absolute Gasteiger partial charge is 0.255 e. The summed E-state index contributed by atoms with van der Waals surface area (Å²) in [4.78, 5) is 13.0. The van der Waals surface area contributed by atoms with Crippen LogP contribution >= 0.6 is 0 Å². The molecular formula is C22H28N2O3S. The maximum absolute atomic E-state index is 13.0. The van der Waals surface area contributed by atoms with Gasteiger partial charge in [0, 0.05) is 24.3 Å². The number of benzene rings is 2. The van der Waals surface area contributed by atoms with Crippen LogP contribution in [0.2, 0.25) is 0 Å². The lowest BCUT2D eigenvalue weighted by Gasteiger charge is -2.29. The van der Waals surface area contributed by atoms with Crippen molar-refractivity contribution in [3.63, 3.8) is 0 Å². The number of nitrogens with zero attached hydrogens (tertiary/aromatic N) is 1. The van der Waals surface area contributed by atoms with E-state index in [1.165, 1.54) is 10.4 Å². The summed E-state index contributed by atoms with van der Waals surface area (Å²) >= 11 is 0. The van der Waals surface area contributed by atoms with E-state index in [1.54, 1.807) is 18.2 Å². The molecule has 0 spiro atoms. The van der Waals surface area contributed by atoms with E-state index in [-0.39, 0.29) is 10.8 Å². The van der Waals surface area contributed by atoms with E-state index in [2.05, 4.69) is 12.2 Å². The third-order valence-electron chi connectivity index (χ3n) is 5.39. The van der Waals surface area contributed by atoms with Crippen LogP contribution in [0.4, 0.5) is 5.69 Å². The zero-order chi connectivity index (χ0) is 20.5. The van der Waals surface area contributed by atoms with Crippen molar-refractivity contribution in [1.82, 2.24) is 4.31 Å². The summed E-state index contributed by atoms with van der Waals surface area (Å²) in [5.74, 6) is 0.240. The quantitative estimate of drug-likeness (QED) is 0.833. The van der Waals surface area contributed by atoms with Crippen LogP contribution < -0.4 is 5.32 Å². The maximum atomic E-state index is 13.0.